The molecule has 0 aromatic heterocycles. The molecule has 3 heteroatoms. The summed E-state index contributed by atoms with van der Waals surface area (Å²) in [7, 11) is 0. The Hall–Kier alpha value is -2.29. The third-order valence-electron chi connectivity index (χ3n) is 3.66. The lowest BCUT2D eigenvalue weighted by Gasteiger charge is -2.12. The van der Waals surface area contributed by atoms with Crippen LogP contribution >= 0.6 is 0 Å². The minimum absolute atomic E-state index is 0.0866. The number of carbonyl (C=O) groups excluding carboxylic acids is 1. The molecule has 2 aromatic rings. The molecule has 0 aliphatic heterocycles. The fourth-order valence-electron chi connectivity index (χ4n) is 2.58. The SMILES string of the molecule is CCNc1cccc(C(=O)Nc2ccc(C(C)C)c(C)c2)c1. The van der Waals surface area contributed by atoms with Crippen molar-refractivity contribution < 1.29 is 4.79 Å². The Labute approximate surface area is 132 Å². The highest BCUT2D eigenvalue weighted by Gasteiger charge is 2.09. The summed E-state index contributed by atoms with van der Waals surface area (Å²) in [6, 6.07) is 13.6. The molecule has 0 spiro atoms. The van der Waals surface area contributed by atoms with Gasteiger partial charge in [0.1, 0.15) is 0 Å². The van der Waals surface area contributed by atoms with Crippen molar-refractivity contribution in [3.8, 4) is 0 Å². The summed E-state index contributed by atoms with van der Waals surface area (Å²) in [4.78, 5) is 12.4. The van der Waals surface area contributed by atoms with Gasteiger partial charge in [0, 0.05) is 23.5 Å². The Morgan fingerprint density at radius 1 is 1.09 bits per heavy atom. The number of amides is 1. The summed E-state index contributed by atoms with van der Waals surface area (Å²) in [5, 5.41) is 6.18. The molecule has 0 saturated heterocycles. The standard InChI is InChI=1S/C19H24N2O/c1-5-20-16-8-6-7-15(12-16)19(22)21-17-9-10-18(13(2)3)14(4)11-17/h6-13,20H,5H2,1-4H3,(H,21,22). The number of nitrogens with one attached hydrogen (secondary N) is 2. The Kier molecular flexibility index (Phi) is 5.21. The molecule has 2 rings (SSSR count). The number of anilines is 2. The van der Waals surface area contributed by atoms with Crippen LogP contribution < -0.4 is 10.6 Å². The highest BCUT2D eigenvalue weighted by atomic mass is 16.1. The van der Waals surface area contributed by atoms with Crippen LogP contribution in [0.4, 0.5) is 11.4 Å². The minimum atomic E-state index is -0.0866. The fourth-order valence-corrected chi connectivity index (χ4v) is 2.58. The molecule has 0 unspecified atom stereocenters. The maximum atomic E-state index is 12.4. The molecular weight excluding hydrogens is 272 g/mol. The molecular formula is C19H24N2O. The van der Waals surface area contributed by atoms with Gasteiger partial charge in [-0.1, -0.05) is 26.0 Å². The molecule has 1 amide bonds. The number of hydrogen-bond donors (Lipinski definition) is 2. The molecule has 116 valence electrons. The van der Waals surface area contributed by atoms with Crippen molar-refractivity contribution in [1.82, 2.24) is 0 Å². The van der Waals surface area contributed by atoms with E-state index in [1.54, 1.807) is 0 Å². The molecule has 0 aliphatic carbocycles. The Morgan fingerprint density at radius 2 is 1.86 bits per heavy atom. The van der Waals surface area contributed by atoms with E-state index in [2.05, 4.69) is 37.5 Å². The Bertz CT molecular complexity index is 662. The van der Waals surface area contributed by atoms with E-state index in [0.29, 0.717) is 11.5 Å². The van der Waals surface area contributed by atoms with Crippen LogP contribution in [0.3, 0.4) is 0 Å². The van der Waals surface area contributed by atoms with E-state index in [4.69, 9.17) is 0 Å². The van der Waals surface area contributed by atoms with Crippen molar-refractivity contribution in [2.75, 3.05) is 17.2 Å². The quantitative estimate of drug-likeness (QED) is 0.832. The monoisotopic (exact) mass is 296 g/mol. The molecule has 2 aromatic carbocycles. The molecule has 0 fully saturated rings. The van der Waals surface area contributed by atoms with Crippen LogP contribution in [-0.4, -0.2) is 12.5 Å². The van der Waals surface area contributed by atoms with Gasteiger partial charge in [-0.2, -0.15) is 0 Å². The van der Waals surface area contributed by atoms with Gasteiger partial charge in [-0.3, -0.25) is 4.79 Å². The first-order valence-corrected chi connectivity index (χ1v) is 7.77. The van der Waals surface area contributed by atoms with E-state index in [1.165, 1.54) is 11.1 Å². The van der Waals surface area contributed by atoms with Crippen molar-refractivity contribution in [3.63, 3.8) is 0 Å². The maximum Gasteiger partial charge on any atom is 0.255 e. The molecule has 0 radical (unpaired) electrons. The molecule has 0 bridgehead atoms. The second-order valence-electron chi connectivity index (χ2n) is 5.79. The summed E-state index contributed by atoms with van der Waals surface area (Å²) >= 11 is 0. The van der Waals surface area contributed by atoms with E-state index in [1.807, 2.05) is 43.3 Å². The van der Waals surface area contributed by atoms with Gasteiger partial charge in [0.05, 0.1) is 0 Å². The average molecular weight is 296 g/mol. The highest BCUT2D eigenvalue weighted by Crippen LogP contribution is 2.22. The second-order valence-corrected chi connectivity index (χ2v) is 5.79. The number of aryl methyl sites for hydroxylation is 1. The first-order valence-electron chi connectivity index (χ1n) is 7.77. The Balaban J connectivity index is 2.15. The predicted octanol–water partition coefficient (Wildman–Crippen LogP) is 4.80. The van der Waals surface area contributed by atoms with Crippen LogP contribution in [0.25, 0.3) is 0 Å². The van der Waals surface area contributed by atoms with Gasteiger partial charge >= 0.3 is 0 Å². The van der Waals surface area contributed by atoms with Crippen LogP contribution in [0.5, 0.6) is 0 Å². The summed E-state index contributed by atoms with van der Waals surface area (Å²) < 4.78 is 0. The molecule has 2 N–H and O–H groups in total. The van der Waals surface area contributed by atoms with E-state index in [-0.39, 0.29) is 5.91 Å². The van der Waals surface area contributed by atoms with E-state index in [9.17, 15) is 4.79 Å². The first-order chi connectivity index (χ1) is 10.5. The lowest BCUT2D eigenvalue weighted by molar-refractivity contribution is 0.102. The van der Waals surface area contributed by atoms with Gasteiger partial charge in [0.2, 0.25) is 0 Å². The number of rotatable bonds is 5. The second kappa shape index (κ2) is 7.12. The van der Waals surface area contributed by atoms with Gasteiger partial charge in [-0.15, -0.1) is 0 Å². The van der Waals surface area contributed by atoms with Crippen LogP contribution in [0.1, 0.15) is 48.2 Å². The van der Waals surface area contributed by atoms with Crippen molar-refractivity contribution in [3.05, 3.63) is 59.2 Å². The summed E-state index contributed by atoms with van der Waals surface area (Å²) in [5.74, 6) is 0.401. The number of benzene rings is 2. The van der Waals surface area contributed by atoms with E-state index in [0.717, 1.165) is 17.9 Å². The lowest BCUT2D eigenvalue weighted by atomic mass is 9.97. The molecule has 3 nitrogen and oxygen atoms in total. The zero-order valence-electron chi connectivity index (χ0n) is 13.7. The zero-order chi connectivity index (χ0) is 16.1. The topological polar surface area (TPSA) is 41.1 Å². The van der Waals surface area contributed by atoms with E-state index < -0.39 is 0 Å². The summed E-state index contributed by atoms with van der Waals surface area (Å²) in [5.41, 5.74) is 4.97. The van der Waals surface area contributed by atoms with Gasteiger partial charge < -0.3 is 10.6 Å². The maximum absolute atomic E-state index is 12.4. The zero-order valence-corrected chi connectivity index (χ0v) is 13.7. The van der Waals surface area contributed by atoms with Crippen molar-refractivity contribution >= 4 is 17.3 Å². The van der Waals surface area contributed by atoms with Crippen LogP contribution in [-0.2, 0) is 0 Å². The smallest absolute Gasteiger partial charge is 0.255 e. The third-order valence-corrected chi connectivity index (χ3v) is 3.66. The fraction of sp³-hybridized carbons (Fsp3) is 0.316. The van der Waals surface area contributed by atoms with Gasteiger partial charge in [0.25, 0.3) is 5.91 Å². The van der Waals surface area contributed by atoms with Crippen LogP contribution in [0.2, 0.25) is 0 Å². The van der Waals surface area contributed by atoms with Gasteiger partial charge in [-0.05, 0) is 61.2 Å². The first kappa shape index (κ1) is 16.1. The summed E-state index contributed by atoms with van der Waals surface area (Å²) in [6.45, 7) is 9.29. The number of hydrogen-bond acceptors (Lipinski definition) is 2. The highest BCUT2D eigenvalue weighted by molar-refractivity contribution is 6.04. The number of carbonyl (C=O) groups is 1. The predicted molar refractivity (Wildman–Crippen MR) is 93.8 cm³/mol. The normalized spacial score (nSPS) is 10.6. The van der Waals surface area contributed by atoms with Crippen molar-refractivity contribution in [2.45, 2.75) is 33.6 Å². The van der Waals surface area contributed by atoms with Gasteiger partial charge in [0.15, 0.2) is 0 Å². The largest absolute Gasteiger partial charge is 0.385 e. The van der Waals surface area contributed by atoms with Crippen LogP contribution in [0.15, 0.2) is 42.5 Å². The van der Waals surface area contributed by atoms with Crippen LogP contribution in [0, 0.1) is 6.92 Å². The van der Waals surface area contributed by atoms with Gasteiger partial charge in [-0.25, -0.2) is 0 Å². The lowest BCUT2D eigenvalue weighted by Crippen LogP contribution is -2.12. The Morgan fingerprint density at radius 3 is 2.50 bits per heavy atom. The minimum Gasteiger partial charge on any atom is -0.385 e. The van der Waals surface area contributed by atoms with Crippen molar-refractivity contribution in [2.24, 2.45) is 0 Å². The molecule has 0 aliphatic rings. The molecule has 22 heavy (non-hydrogen) atoms. The van der Waals surface area contributed by atoms with E-state index >= 15 is 0 Å². The molecule has 0 atom stereocenters. The van der Waals surface area contributed by atoms with Crippen molar-refractivity contribution in [1.29, 1.82) is 0 Å². The third kappa shape index (κ3) is 3.88. The molecule has 0 saturated carbocycles. The summed E-state index contributed by atoms with van der Waals surface area (Å²) in [6.07, 6.45) is 0. The molecule has 0 heterocycles. The average Bonchev–Trinajstić information content (AvgIpc) is 2.47.